The molecule has 0 aliphatic carbocycles. The molecular formula is C14H22N2O2S. The first kappa shape index (κ1) is 14.3. The summed E-state index contributed by atoms with van der Waals surface area (Å²) in [6, 6.07) is 7.31. The Morgan fingerprint density at radius 2 is 1.89 bits per heavy atom. The van der Waals surface area contributed by atoms with E-state index in [1.54, 1.807) is 19.1 Å². The molecule has 1 aromatic rings. The molecule has 0 spiro atoms. The first-order valence-electron chi connectivity index (χ1n) is 6.85. The van der Waals surface area contributed by atoms with Gasteiger partial charge in [0, 0.05) is 13.1 Å². The van der Waals surface area contributed by atoms with E-state index in [4.69, 9.17) is 5.73 Å². The number of rotatable bonds is 4. The van der Waals surface area contributed by atoms with Gasteiger partial charge in [0.25, 0.3) is 0 Å². The maximum Gasteiger partial charge on any atom is 0.180 e. The summed E-state index contributed by atoms with van der Waals surface area (Å²) in [4.78, 5) is 2.64. The number of piperidine rings is 1. The lowest BCUT2D eigenvalue weighted by molar-refractivity contribution is 0.413. The number of anilines is 1. The number of benzene rings is 1. The molecule has 19 heavy (non-hydrogen) atoms. The Morgan fingerprint density at radius 1 is 1.26 bits per heavy atom. The van der Waals surface area contributed by atoms with Crippen molar-refractivity contribution in [2.45, 2.75) is 24.7 Å². The van der Waals surface area contributed by atoms with Crippen LogP contribution in [0.15, 0.2) is 29.2 Å². The van der Waals surface area contributed by atoms with Crippen LogP contribution < -0.4 is 10.6 Å². The molecule has 106 valence electrons. The zero-order valence-corrected chi connectivity index (χ0v) is 12.2. The molecule has 2 rings (SSSR count). The highest BCUT2D eigenvalue weighted by molar-refractivity contribution is 7.91. The Morgan fingerprint density at radius 3 is 2.47 bits per heavy atom. The van der Waals surface area contributed by atoms with Gasteiger partial charge in [-0.15, -0.1) is 0 Å². The second kappa shape index (κ2) is 5.92. The molecule has 0 unspecified atom stereocenters. The minimum atomic E-state index is -3.16. The largest absolute Gasteiger partial charge is 0.370 e. The Bertz CT molecular complexity index is 520. The highest BCUT2D eigenvalue weighted by Crippen LogP contribution is 2.29. The normalized spacial score (nSPS) is 17.7. The molecule has 0 aromatic heterocycles. The molecule has 0 atom stereocenters. The summed E-state index contributed by atoms with van der Waals surface area (Å²) in [5, 5.41) is 0. The quantitative estimate of drug-likeness (QED) is 0.912. The highest BCUT2D eigenvalue weighted by atomic mass is 32.2. The van der Waals surface area contributed by atoms with Gasteiger partial charge in [-0.2, -0.15) is 0 Å². The van der Waals surface area contributed by atoms with E-state index < -0.39 is 9.84 Å². The van der Waals surface area contributed by atoms with E-state index in [1.807, 2.05) is 12.1 Å². The molecule has 1 aliphatic rings. The van der Waals surface area contributed by atoms with Crippen LogP contribution in [0.1, 0.15) is 19.8 Å². The van der Waals surface area contributed by atoms with Crippen LogP contribution in [0.3, 0.4) is 0 Å². The van der Waals surface area contributed by atoms with Gasteiger partial charge < -0.3 is 10.6 Å². The summed E-state index contributed by atoms with van der Waals surface area (Å²) < 4.78 is 24.3. The summed E-state index contributed by atoms with van der Waals surface area (Å²) in [6.45, 7) is 4.19. The van der Waals surface area contributed by atoms with Crippen molar-refractivity contribution in [1.29, 1.82) is 0 Å². The maximum absolute atomic E-state index is 12.1. The van der Waals surface area contributed by atoms with E-state index >= 15 is 0 Å². The fourth-order valence-corrected chi connectivity index (χ4v) is 3.66. The number of para-hydroxylation sites is 1. The van der Waals surface area contributed by atoms with Gasteiger partial charge in [-0.3, -0.25) is 0 Å². The second-order valence-electron chi connectivity index (χ2n) is 5.04. The number of nitrogens with two attached hydrogens (primary N) is 1. The lowest BCUT2D eigenvalue weighted by Crippen LogP contribution is -2.36. The summed E-state index contributed by atoms with van der Waals surface area (Å²) >= 11 is 0. The Balaban J connectivity index is 2.27. The molecule has 4 nitrogen and oxygen atoms in total. The van der Waals surface area contributed by atoms with Crippen LogP contribution in [0.2, 0.25) is 0 Å². The van der Waals surface area contributed by atoms with E-state index in [2.05, 4.69) is 4.90 Å². The van der Waals surface area contributed by atoms with E-state index in [-0.39, 0.29) is 5.75 Å². The average Bonchev–Trinajstić information content (AvgIpc) is 2.47. The van der Waals surface area contributed by atoms with Crippen LogP contribution in [0.25, 0.3) is 0 Å². The minimum absolute atomic E-state index is 0.142. The number of sulfone groups is 1. The van der Waals surface area contributed by atoms with Gasteiger partial charge in [0.1, 0.15) is 0 Å². The topological polar surface area (TPSA) is 63.4 Å². The number of nitrogens with zero attached hydrogens (tertiary/aromatic N) is 1. The van der Waals surface area contributed by atoms with E-state index in [0.29, 0.717) is 10.8 Å². The van der Waals surface area contributed by atoms with Crippen LogP contribution in [-0.2, 0) is 9.84 Å². The van der Waals surface area contributed by atoms with E-state index in [1.165, 1.54) is 0 Å². The molecule has 1 saturated heterocycles. The fraction of sp³-hybridized carbons (Fsp3) is 0.571. The smallest absolute Gasteiger partial charge is 0.180 e. The van der Waals surface area contributed by atoms with Crippen molar-refractivity contribution in [1.82, 2.24) is 0 Å². The molecule has 0 amide bonds. The monoisotopic (exact) mass is 282 g/mol. The minimum Gasteiger partial charge on any atom is -0.370 e. The number of hydrogen-bond acceptors (Lipinski definition) is 4. The van der Waals surface area contributed by atoms with Crippen molar-refractivity contribution in [2.24, 2.45) is 11.7 Å². The van der Waals surface area contributed by atoms with Gasteiger partial charge >= 0.3 is 0 Å². The molecule has 0 bridgehead atoms. The molecule has 1 fully saturated rings. The summed E-state index contributed by atoms with van der Waals surface area (Å²) in [7, 11) is -3.16. The van der Waals surface area contributed by atoms with Gasteiger partial charge in [0.05, 0.1) is 16.3 Å². The van der Waals surface area contributed by atoms with Crippen LogP contribution in [0.5, 0.6) is 0 Å². The number of hydrogen-bond donors (Lipinski definition) is 1. The van der Waals surface area contributed by atoms with Gasteiger partial charge in [-0.1, -0.05) is 19.1 Å². The van der Waals surface area contributed by atoms with Crippen LogP contribution in [-0.4, -0.2) is 33.8 Å². The Hall–Kier alpha value is -1.07. The van der Waals surface area contributed by atoms with Crippen molar-refractivity contribution < 1.29 is 8.42 Å². The average molecular weight is 282 g/mol. The van der Waals surface area contributed by atoms with Gasteiger partial charge in [0.2, 0.25) is 0 Å². The third kappa shape index (κ3) is 3.09. The molecule has 1 aliphatic heterocycles. The van der Waals surface area contributed by atoms with Crippen molar-refractivity contribution in [3.05, 3.63) is 24.3 Å². The SMILES string of the molecule is CCS(=O)(=O)c1ccccc1N1CCC(CN)CC1. The van der Waals surface area contributed by atoms with Crippen LogP contribution in [0, 0.1) is 5.92 Å². The lowest BCUT2D eigenvalue weighted by Gasteiger charge is -2.34. The summed E-state index contributed by atoms with van der Waals surface area (Å²) in [6.07, 6.45) is 2.08. The van der Waals surface area contributed by atoms with Gasteiger partial charge in [-0.05, 0) is 37.4 Å². The Kier molecular flexibility index (Phi) is 4.47. The highest BCUT2D eigenvalue weighted by Gasteiger charge is 2.23. The van der Waals surface area contributed by atoms with Crippen LogP contribution >= 0.6 is 0 Å². The summed E-state index contributed by atoms with van der Waals surface area (Å²) in [5.41, 5.74) is 6.54. The first-order chi connectivity index (χ1) is 9.08. The zero-order chi connectivity index (χ0) is 13.9. The van der Waals surface area contributed by atoms with Gasteiger partial charge in [-0.25, -0.2) is 8.42 Å². The zero-order valence-electron chi connectivity index (χ0n) is 11.4. The predicted molar refractivity (Wildman–Crippen MR) is 78.2 cm³/mol. The van der Waals surface area contributed by atoms with Gasteiger partial charge in [0.15, 0.2) is 9.84 Å². The van der Waals surface area contributed by atoms with Crippen molar-refractivity contribution >= 4 is 15.5 Å². The molecule has 0 saturated carbocycles. The standard InChI is InChI=1S/C14H22N2O2S/c1-2-19(17,18)14-6-4-3-5-13(14)16-9-7-12(11-15)8-10-16/h3-6,12H,2,7-11,15H2,1H3. The molecule has 2 N–H and O–H groups in total. The molecular weight excluding hydrogens is 260 g/mol. The van der Waals surface area contributed by atoms with E-state index in [9.17, 15) is 8.42 Å². The predicted octanol–water partition coefficient (Wildman–Crippen LogP) is 1.66. The third-order valence-corrected chi connectivity index (χ3v) is 5.64. The summed E-state index contributed by atoms with van der Waals surface area (Å²) in [5.74, 6) is 0.717. The third-order valence-electron chi connectivity index (χ3n) is 3.87. The van der Waals surface area contributed by atoms with Crippen molar-refractivity contribution in [3.8, 4) is 0 Å². The van der Waals surface area contributed by atoms with Crippen LogP contribution in [0.4, 0.5) is 5.69 Å². The van der Waals surface area contributed by atoms with Crippen molar-refractivity contribution in [2.75, 3.05) is 30.3 Å². The molecule has 5 heteroatoms. The second-order valence-corrected chi connectivity index (χ2v) is 7.28. The van der Waals surface area contributed by atoms with Crippen molar-refractivity contribution in [3.63, 3.8) is 0 Å². The first-order valence-corrected chi connectivity index (χ1v) is 8.50. The molecule has 1 heterocycles. The fourth-order valence-electron chi connectivity index (χ4n) is 2.55. The lowest BCUT2D eigenvalue weighted by atomic mass is 9.97. The van der Waals surface area contributed by atoms with E-state index in [0.717, 1.165) is 38.2 Å². The molecule has 0 radical (unpaired) electrons. The Labute approximate surface area is 115 Å². The molecule has 1 aromatic carbocycles. The maximum atomic E-state index is 12.1.